The van der Waals surface area contributed by atoms with E-state index in [-0.39, 0.29) is 0 Å². The molecule has 1 amide bonds. The Bertz CT molecular complexity index is 497. The third-order valence-corrected chi connectivity index (χ3v) is 2.95. The molecular formula is C12H10F3NO2. The fraction of sp³-hybridized carbons (Fsp3) is 0.333. The molecule has 1 aromatic rings. The highest BCUT2D eigenvalue weighted by Gasteiger charge is 2.40. The Labute approximate surface area is 101 Å². The van der Waals surface area contributed by atoms with Gasteiger partial charge < -0.3 is 5.32 Å². The van der Waals surface area contributed by atoms with Gasteiger partial charge in [-0.3, -0.25) is 9.59 Å². The lowest BCUT2D eigenvalue weighted by Crippen LogP contribution is -2.38. The second-order valence-electron chi connectivity index (χ2n) is 4.14. The molecule has 18 heavy (non-hydrogen) atoms. The quantitative estimate of drug-likeness (QED) is 0.825. The van der Waals surface area contributed by atoms with E-state index in [9.17, 15) is 22.8 Å². The van der Waals surface area contributed by atoms with Crippen molar-refractivity contribution in [2.45, 2.75) is 25.1 Å². The standard InChI is InChI=1S/C12H10F3NO2/c13-12(14,15)11(18)16-10-4-3-8-2-1-7(6-17)5-9(8)10/h1-2,5-6,10H,3-4H2,(H,16,18)/t10-/m1/s1. The molecule has 1 N–H and O–H groups in total. The van der Waals surface area contributed by atoms with Crippen LogP contribution >= 0.6 is 0 Å². The third kappa shape index (κ3) is 2.37. The molecule has 1 aliphatic rings. The second-order valence-corrected chi connectivity index (χ2v) is 4.14. The Hall–Kier alpha value is -1.85. The number of carbonyl (C=O) groups excluding carboxylic acids is 2. The second kappa shape index (κ2) is 4.44. The summed E-state index contributed by atoms with van der Waals surface area (Å²) in [6.45, 7) is 0. The summed E-state index contributed by atoms with van der Waals surface area (Å²) in [6.07, 6.45) is -3.25. The van der Waals surface area contributed by atoms with Gasteiger partial charge in [0.25, 0.3) is 0 Å². The number of halogens is 3. The molecule has 0 heterocycles. The van der Waals surface area contributed by atoms with Crippen molar-refractivity contribution in [2.75, 3.05) is 0 Å². The first kappa shape index (κ1) is 12.6. The van der Waals surface area contributed by atoms with Crippen LogP contribution in [0.4, 0.5) is 13.2 Å². The minimum absolute atomic E-state index is 0.391. The maximum Gasteiger partial charge on any atom is 0.471 e. The summed E-state index contributed by atoms with van der Waals surface area (Å²) < 4.78 is 36.5. The van der Waals surface area contributed by atoms with E-state index in [4.69, 9.17) is 0 Å². The van der Waals surface area contributed by atoms with Gasteiger partial charge in [-0.05, 0) is 30.0 Å². The fourth-order valence-corrected chi connectivity index (χ4v) is 2.08. The third-order valence-electron chi connectivity index (χ3n) is 2.95. The van der Waals surface area contributed by atoms with Crippen molar-refractivity contribution < 1.29 is 22.8 Å². The van der Waals surface area contributed by atoms with E-state index in [0.717, 1.165) is 5.56 Å². The van der Waals surface area contributed by atoms with E-state index in [0.29, 0.717) is 30.3 Å². The van der Waals surface area contributed by atoms with Crippen LogP contribution in [-0.2, 0) is 11.2 Å². The molecule has 0 saturated carbocycles. The van der Waals surface area contributed by atoms with E-state index >= 15 is 0 Å². The molecule has 0 spiro atoms. The van der Waals surface area contributed by atoms with Crippen molar-refractivity contribution in [1.29, 1.82) is 0 Å². The Morgan fingerprint density at radius 1 is 1.39 bits per heavy atom. The number of aryl methyl sites for hydroxylation is 1. The minimum Gasteiger partial charge on any atom is -0.341 e. The fourth-order valence-electron chi connectivity index (χ4n) is 2.08. The number of nitrogens with one attached hydrogen (secondary N) is 1. The molecule has 0 aliphatic heterocycles. The van der Waals surface area contributed by atoms with Crippen LogP contribution in [0.15, 0.2) is 18.2 Å². The number of carbonyl (C=O) groups is 2. The number of benzene rings is 1. The van der Waals surface area contributed by atoms with Crippen molar-refractivity contribution in [2.24, 2.45) is 0 Å². The molecular weight excluding hydrogens is 247 g/mol. The molecule has 0 bridgehead atoms. The van der Waals surface area contributed by atoms with Gasteiger partial charge in [-0.1, -0.05) is 12.1 Å². The van der Waals surface area contributed by atoms with Crippen LogP contribution in [0.3, 0.4) is 0 Å². The normalized spacial score (nSPS) is 18.3. The van der Waals surface area contributed by atoms with Crippen LogP contribution in [-0.4, -0.2) is 18.4 Å². The van der Waals surface area contributed by atoms with Gasteiger partial charge >= 0.3 is 12.1 Å². The van der Waals surface area contributed by atoms with Gasteiger partial charge in [-0.2, -0.15) is 13.2 Å². The molecule has 2 rings (SSSR count). The van der Waals surface area contributed by atoms with E-state index < -0.39 is 18.1 Å². The van der Waals surface area contributed by atoms with Crippen molar-refractivity contribution in [3.8, 4) is 0 Å². The average molecular weight is 257 g/mol. The van der Waals surface area contributed by atoms with Crippen LogP contribution in [0, 0.1) is 0 Å². The lowest BCUT2D eigenvalue weighted by Gasteiger charge is -2.15. The average Bonchev–Trinajstić information content (AvgIpc) is 2.70. The molecule has 0 unspecified atom stereocenters. The number of rotatable bonds is 2. The van der Waals surface area contributed by atoms with Gasteiger partial charge in [-0.15, -0.1) is 0 Å². The van der Waals surface area contributed by atoms with Crippen LogP contribution in [0.2, 0.25) is 0 Å². The SMILES string of the molecule is O=Cc1ccc2c(c1)[C@H](NC(=O)C(F)(F)F)CC2. The zero-order valence-electron chi connectivity index (χ0n) is 9.25. The van der Waals surface area contributed by atoms with E-state index in [2.05, 4.69) is 0 Å². The lowest BCUT2D eigenvalue weighted by molar-refractivity contribution is -0.174. The maximum atomic E-state index is 12.2. The maximum absolute atomic E-state index is 12.2. The highest BCUT2D eigenvalue weighted by atomic mass is 19.4. The van der Waals surface area contributed by atoms with Crippen LogP contribution in [0.25, 0.3) is 0 Å². The van der Waals surface area contributed by atoms with Gasteiger partial charge in [0.2, 0.25) is 0 Å². The minimum atomic E-state index is -4.88. The first-order valence-corrected chi connectivity index (χ1v) is 5.37. The Morgan fingerprint density at radius 3 is 2.72 bits per heavy atom. The van der Waals surface area contributed by atoms with Crippen molar-refractivity contribution in [3.63, 3.8) is 0 Å². The summed E-state index contributed by atoms with van der Waals surface area (Å²) >= 11 is 0. The number of alkyl halides is 3. The van der Waals surface area contributed by atoms with Gasteiger partial charge in [0.15, 0.2) is 0 Å². The Morgan fingerprint density at radius 2 is 2.11 bits per heavy atom. The molecule has 0 saturated heterocycles. The molecule has 1 atom stereocenters. The van der Waals surface area contributed by atoms with Gasteiger partial charge in [0.1, 0.15) is 6.29 Å². The van der Waals surface area contributed by atoms with E-state index in [1.54, 1.807) is 12.1 Å². The number of hydrogen-bond acceptors (Lipinski definition) is 2. The van der Waals surface area contributed by atoms with Crippen LogP contribution in [0.5, 0.6) is 0 Å². The molecule has 0 fully saturated rings. The number of fused-ring (bicyclic) bond motifs is 1. The number of aldehydes is 1. The largest absolute Gasteiger partial charge is 0.471 e. The van der Waals surface area contributed by atoms with Gasteiger partial charge in [0, 0.05) is 5.56 Å². The van der Waals surface area contributed by atoms with E-state index in [1.165, 1.54) is 6.07 Å². The molecule has 96 valence electrons. The highest BCUT2D eigenvalue weighted by molar-refractivity contribution is 5.82. The first-order chi connectivity index (χ1) is 8.41. The monoisotopic (exact) mass is 257 g/mol. The molecule has 0 aromatic heterocycles. The molecule has 3 nitrogen and oxygen atoms in total. The Balaban J connectivity index is 2.21. The van der Waals surface area contributed by atoms with Gasteiger partial charge in [-0.25, -0.2) is 0 Å². The number of hydrogen-bond donors (Lipinski definition) is 1. The summed E-state index contributed by atoms with van der Waals surface area (Å²) in [5.74, 6) is -1.95. The number of amides is 1. The summed E-state index contributed by atoms with van der Waals surface area (Å²) in [4.78, 5) is 21.5. The van der Waals surface area contributed by atoms with Gasteiger partial charge in [0.05, 0.1) is 6.04 Å². The first-order valence-electron chi connectivity index (χ1n) is 5.37. The summed E-state index contributed by atoms with van der Waals surface area (Å²) in [5, 5.41) is 1.95. The van der Waals surface area contributed by atoms with Crippen molar-refractivity contribution >= 4 is 12.2 Å². The van der Waals surface area contributed by atoms with E-state index in [1.807, 2.05) is 5.32 Å². The lowest BCUT2D eigenvalue weighted by atomic mass is 10.0. The predicted molar refractivity (Wildman–Crippen MR) is 57.1 cm³/mol. The molecule has 1 aliphatic carbocycles. The molecule has 1 aromatic carbocycles. The van der Waals surface area contributed by atoms with Crippen molar-refractivity contribution in [3.05, 3.63) is 34.9 Å². The van der Waals surface area contributed by atoms with Crippen LogP contribution < -0.4 is 5.32 Å². The molecule has 6 heteroatoms. The van der Waals surface area contributed by atoms with Crippen LogP contribution in [0.1, 0.15) is 33.9 Å². The summed E-state index contributed by atoms with van der Waals surface area (Å²) in [5.41, 5.74) is 1.85. The summed E-state index contributed by atoms with van der Waals surface area (Å²) in [6, 6.07) is 4.17. The predicted octanol–water partition coefficient (Wildman–Crippen LogP) is 2.16. The molecule has 0 radical (unpaired) electrons. The topological polar surface area (TPSA) is 46.2 Å². The zero-order valence-corrected chi connectivity index (χ0v) is 9.25. The highest BCUT2D eigenvalue weighted by Crippen LogP contribution is 2.32. The smallest absolute Gasteiger partial charge is 0.341 e. The Kier molecular flexibility index (Phi) is 3.11. The summed E-state index contributed by atoms with van der Waals surface area (Å²) in [7, 11) is 0. The zero-order chi connectivity index (χ0) is 13.3. The van der Waals surface area contributed by atoms with Crippen molar-refractivity contribution in [1.82, 2.24) is 5.32 Å².